The van der Waals surface area contributed by atoms with Crippen LogP contribution in [0, 0.1) is 0 Å². The van der Waals surface area contributed by atoms with Crippen LogP contribution >= 0.6 is 9.90 Å². The molecule has 0 saturated carbocycles. The monoisotopic (exact) mass is 272 g/mol. The molecule has 9 heavy (non-hydrogen) atoms. The maximum atomic E-state index is 2.33. The molecule has 0 aromatic rings. The maximum absolute atomic E-state index is 2.33. The zero-order chi connectivity index (χ0) is 7.15. The van der Waals surface area contributed by atoms with Crippen molar-refractivity contribution in [1.29, 1.82) is 0 Å². The van der Waals surface area contributed by atoms with Gasteiger partial charge in [0.1, 0.15) is 0 Å². The second-order valence-corrected chi connectivity index (χ2v) is 15.6. The zero-order valence-electron chi connectivity index (χ0n) is 7.71. The molecule has 0 aliphatic rings. The Hall–Kier alpha value is 1.52. The van der Waals surface area contributed by atoms with E-state index in [-0.39, 0.29) is 38.6 Å². The van der Waals surface area contributed by atoms with Gasteiger partial charge in [0, 0.05) is 0 Å². The van der Waals surface area contributed by atoms with E-state index in [0.29, 0.717) is 0 Å². The van der Waals surface area contributed by atoms with Crippen molar-refractivity contribution in [2.45, 2.75) is 34.5 Å². The van der Waals surface area contributed by atoms with Gasteiger partial charge in [0.25, 0.3) is 0 Å². The van der Waals surface area contributed by atoms with Crippen LogP contribution in [0.15, 0.2) is 0 Å². The Morgan fingerprint density at radius 2 is 0.556 bits per heavy atom. The molecule has 0 aliphatic carbocycles. The Labute approximate surface area is 73.0 Å². The van der Waals surface area contributed by atoms with Crippen LogP contribution in [-0.4, -0.2) is 28.7 Å². The van der Waals surface area contributed by atoms with E-state index in [2.05, 4.69) is 34.5 Å². The van der Waals surface area contributed by atoms with E-state index in [0.717, 1.165) is 0 Å². The first-order chi connectivity index (χ1) is 3.46. The van der Waals surface area contributed by atoms with E-state index in [9.17, 15) is 0 Å². The summed E-state index contributed by atoms with van der Waals surface area (Å²) in [4.78, 5) is 0. The molecule has 0 bridgehead atoms. The number of hydrogen-bond acceptors (Lipinski definition) is 0. The first kappa shape index (κ1) is 16.9. The Kier molecular flexibility index (Phi) is 22.9. The van der Waals surface area contributed by atoms with E-state index in [4.69, 9.17) is 0 Å². The van der Waals surface area contributed by atoms with Crippen LogP contribution in [0.3, 0.4) is 0 Å². The summed E-state index contributed by atoms with van der Waals surface area (Å²) in [5.74, 6) is 14.0. The molecular weight excluding hydrogens is 248 g/mol. The molecule has 0 fully saturated rings. The summed E-state index contributed by atoms with van der Waals surface area (Å²) >= 11 is -0.667. The Bertz CT molecular complexity index is 26.5. The van der Waals surface area contributed by atoms with E-state index in [1.165, 1.54) is 0 Å². The van der Waals surface area contributed by atoms with Crippen molar-refractivity contribution in [3.63, 3.8) is 0 Å². The van der Waals surface area contributed by atoms with Gasteiger partial charge in [0.2, 0.25) is 0 Å². The zero-order valence-corrected chi connectivity index (χ0v) is 13.3. The van der Waals surface area contributed by atoms with E-state index >= 15 is 0 Å². The minimum absolute atomic E-state index is 0. The molecular formula is C6H21Ge2P. The molecule has 2 radical (unpaired) electrons. The van der Waals surface area contributed by atoms with Crippen LogP contribution < -0.4 is 0 Å². The minimum atomic E-state index is -0.333. The predicted molar refractivity (Wildman–Crippen MR) is 57.8 cm³/mol. The van der Waals surface area contributed by atoms with Gasteiger partial charge >= 0.3 is 63.2 Å². The molecule has 0 spiro atoms. The third-order valence-electron chi connectivity index (χ3n) is 0. The van der Waals surface area contributed by atoms with Crippen molar-refractivity contribution in [3.8, 4) is 0 Å². The molecule has 58 valence electrons. The summed E-state index contributed by atoms with van der Waals surface area (Å²) in [6, 6.07) is 0. The van der Waals surface area contributed by atoms with E-state index in [1.807, 2.05) is 0 Å². The third-order valence-corrected chi connectivity index (χ3v) is 0. The summed E-state index contributed by atoms with van der Waals surface area (Å²) < 4.78 is 0. The van der Waals surface area contributed by atoms with Gasteiger partial charge in [-0.2, -0.15) is 9.90 Å². The summed E-state index contributed by atoms with van der Waals surface area (Å²) in [7, 11) is 0. The van der Waals surface area contributed by atoms with Gasteiger partial charge in [-0.1, -0.05) is 0 Å². The summed E-state index contributed by atoms with van der Waals surface area (Å²) in [6.45, 7) is 0. The molecule has 0 N–H and O–H groups in total. The van der Waals surface area contributed by atoms with Gasteiger partial charge in [-0.3, -0.25) is 0 Å². The molecule has 0 aliphatic heterocycles. The Morgan fingerprint density at radius 1 is 0.556 bits per heavy atom. The number of rotatable bonds is 0. The first-order valence-corrected chi connectivity index (χ1v) is 15.6. The fourth-order valence-electron chi connectivity index (χ4n) is 0. The number of hydrogen-bond donors (Lipinski definition) is 0. The van der Waals surface area contributed by atoms with Gasteiger partial charge in [-0.05, 0) is 0 Å². The van der Waals surface area contributed by atoms with Crippen molar-refractivity contribution in [2.75, 3.05) is 0 Å². The summed E-state index contributed by atoms with van der Waals surface area (Å²) in [5.41, 5.74) is 0. The van der Waals surface area contributed by atoms with Crippen LogP contribution in [0.2, 0.25) is 34.5 Å². The van der Waals surface area contributed by atoms with Crippen LogP contribution in [0.25, 0.3) is 0 Å². The average molecular weight is 269 g/mol. The SMILES string of the molecule is P.[CH3][Ge]([CH3])[CH3].[CH3][Ge]([CH3])[CH3]. The standard InChI is InChI=1S/2C3H9Ge.H3P/c2*1-4(2)3;/h2*1-3H3;1H3. The molecule has 0 amide bonds. The Morgan fingerprint density at radius 3 is 0.556 bits per heavy atom. The van der Waals surface area contributed by atoms with Gasteiger partial charge in [0.05, 0.1) is 0 Å². The molecule has 3 heteroatoms. The predicted octanol–water partition coefficient (Wildman–Crippen LogP) is 2.80. The first-order valence-electron chi connectivity index (χ1n) is 3.00. The van der Waals surface area contributed by atoms with Gasteiger partial charge in [0.15, 0.2) is 0 Å². The molecule has 0 heterocycles. The second kappa shape index (κ2) is 12.2. The fraction of sp³-hybridized carbons (Fsp3) is 1.00. The summed E-state index contributed by atoms with van der Waals surface area (Å²) in [5, 5.41) is 0. The van der Waals surface area contributed by atoms with Crippen molar-refractivity contribution in [1.82, 2.24) is 0 Å². The molecule has 0 saturated heterocycles. The van der Waals surface area contributed by atoms with Gasteiger partial charge in [-0.15, -0.1) is 0 Å². The van der Waals surface area contributed by atoms with E-state index < -0.39 is 0 Å². The Balaban J connectivity index is -0.0000000720. The quantitative estimate of drug-likeness (QED) is 0.468. The molecule has 0 aromatic carbocycles. The van der Waals surface area contributed by atoms with Crippen LogP contribution in [0.5, 0.6) is 0 Å². The average Bonchev–Trinajstić information content (AvgIpc) is 1.25. The normalized spacial score (nSPS) is 8.00. The van der Waals surface area contributed by atoms with Crippen molar-refractivity contribution < 1.29 is 0 Å². The molecule has 0 rings (SSSR count). The van der Waals surface area contributed by atoms with Crippen molar-refractivity contribution in [2.24, 2.45) is 0 Å². The topological polar surface area (TPSA) is 0 Å². The molecule has 1 atom stereocenters. The molecule has 1 unspecified atom stereocenters. The van der Waals surface area contributed by atoms with Crippen LogP contribution in [0.1, 0.15) is 0 Å². The summed E-state index contributed by atoms with van der Waals surface area (Å²) in [6.07, 6.45) is 0. The molecule has 0 aromatic heterocycles. The van der Waals surface area contributed by atoms with E-state index in [1.54, 1.807) is 0 Å². The van der Waals surface area contributed by atoms with Gasteiger partial charge < -0.3 is 0 Å². The van der Waals surface area contributed by atoms with Gasteiger partial charge in [-0.25, -0.2) is 0 Å². The van der Waals surface area contributed by atoms with Crippen molar-refractivity contribution in [3.05, 3.63) is 0 Å². The van der Waals surface area contributed by atoms with Crippen LogP contribution in [-0.2, 0) is 0 Å². The molecule has 0 nitrogen and oxygen atoms in total. The van der Waals surface area contributed by atoms with Crippen LogP contribution in [0.4, 0.5) is 0 Å². The van der Waals surface area contributed by atoms with Crippen molar-refractivity contribution >= 4 is 38.6 Å². The fourth-order valence-corrected chi connectivity index (χ4v) is 0. The third kappa shape index (κ3) is 234. The second-order valence-electron chi connectivity index (χ2n) is 3.00.